The lowest BCUT2D eigenvalue weighted by Gasteiger charge is -2.20. The zero-order valence-electron chi connectivity index (χ0n) is 9.33. The lowest BCUT2D eigenvalue weighted by Crippen LogP contribution is -2.30. The van der Waals surface area contributed by atoms with E-state index >= 15 is 0 Å². The fourth-order valence-corrected chi connectivity index (χ4v) is 3.30. The van der Waals surface area contributed by atoms with Crippen LogP contribution in [0.3, 0.4) is 0 Å². The molecule has 74 valence electrons. The highest BCUT2D eigenvalue weighted by Crippen LogP contribution is 2.21. The number of hydrogen-bond donors (Lipinski definition) is 0. The molecule has 0 N–H and O–H groups in total. The van der Waals surface area contributed by atoms with Crippen LogP contribution in [0, 0.1) is 6.92 Å². The summed E-state index contributed by atoms with van der Waals surface area (Å²) in [5.74, 6) is 0. The Kier molecular flexibility index (Phi) is 2.03. The second kappa shape index (κ2) is 2.99. The molecule has 0 unspecified atom stereocenters. The highest BCUT2D eigenvalue weighted by molar-refractivity contribution is 6.75. The van der Waals surface area contributed by atoms with Crippen molar-refractivity contribution >= 4 is 19.1 Å². The summed E-state index contributed by atoms with van der Waals surface area (Å²) in [4.78, 5) is 0. The Bertz CT molecular complexity index is 463. The van der Waals surface area contributed by atoms with Crippen molar-refractivity contribution in [3.8, 4) is 0 Å². The third kappa shape index (κ3) is 1.50. The molecule has 0 radical (unpaired) electrons. The van der Waals surface area contributed by atoms with E-state index < -0.39 is 8.24 Å². The molecule has 2 aromatic rings. The molecular weight excluding hydrogens is 186 g/mol. The summed E-state index contributed by atoms with van der Waals surface area (Å²) in [6, 6.07) is 8.91. The van der Waals surface area contributed by atoms with Crippen LogP contribution in [0.25, 0.3) is 10.9 Å². The van der Waals surface area contributed by atoms with Gasteiger partial charge >= 0.3 is 0 Å². The highest BCUT2D eigenvalue weighted by Gasteiger charge is 2.17. The van der Waals surface area contributed by atoms with Gasteiger partial charge in [0.25, 0.3) is 0 Å². The number of fused-ring (bicyclic) bond motifs is 1. The van der Waals surface area contributed by atoms with Gasteiger partial charge in [-0.15, -0.1) is 0 Å². The average molecular weight is 203 g/mol. The maximum atomic E-state index is 2.46. The van der Waals surface area contributed by atoms with Crippen molar-refractivity contribution in [2.75, 3.05) is 0 Å². The van der Waals surface area contributed by atoms with E-state index in [9.17, 15) is 0 Å². The Hall–Kier alpha value is -1.02. The molecule has 2 heteroatoms. The van der Waals surface area contributed by atoms with Crippen molar-refractivity contribution in [3.63, 3.8) is 0 Å². The van der Waals surface area contributed by atoms with Crippen molar-refractivity contribution in [1.29, 1.82) is 0 Å². The Morgan fingerprint density at radius 3 is 2.43 bits per heavy atom. The van der Waals surface area contributed by atoms with Gasteiger partial charge in [0.15, 0.2) is 8.24 Å². The van der Waals surface area contributed by atoms with Gasteiger partial charge in [-0.3, -0.25) is 0 Å². The van der Waals surface area contributed by atoms with Gasteiger partial charge in [0, 0.05) is 5.52 Å². The van der Waals surface area contributed by atoms with Crippen molar-refractivity contribution in [2.45, 2.75) is 26.6 Å². The molecule has 1 aromatic carbocycles. The van der Waals surface area contributed by atoms with Crippen LogP contribution in [0.15, 0.2) is 30.5 Å². The summed E-state index contributed by atoms with van der Waals surface area (Å²) >= 11 is 0. The average Bonchev–Trinajstić information content (AvgIpc) is 2.45. The molecular formula is C12H17NSi. The van der Waals surface area contributed by atoms with E-state index in [1.807, 2.05) is 0 Å². The molecule has 0 aliphatic carbocycles. The molecule has 1 nitrogen and oxygen atoms in total. The molecule has 0 aliphatic rings. The fraction of sp³-hybridized carbons (Fsp3) is 0.333. The van der Waals surface area contributed by atoms with E-state index in [1.54, 1.807) is 0 Å². The molecule has 1 aromatic heterocycles. The van der Waals surface area contributed by atoms with Gasteiger partial charge in [-0.05, 0) is 36.7 Å². The minimum absolute atomic E-state index is 1.25. The predicted octanol–water partition coefficient (Wildman–Crippen LogP) is 3.63. The Morgan fingerprint density at radius 2 is 1.79 bits per heavy atom. The second-order valence-corrected chi connectivity index (χ2v) is 9.74. The van der Waals surface area contributed by atoms with E-state index in [4.69, 9.17) is 0 Å². The van der Waals surface area contributed by atoms with E-state index in [1.165, 1.54) is 16.5 Å². The summed E-state index contributed by atoms with van der Waals surface area (Å²) in [6.45, 7) is 9.25. The van der Waals surface area contributed by atoms with Crippen LogP contribution in [-0.2, 0) is 0 Å². The Balaban J connectivity index is 2.70. The fourth-order valence-electron chi connectivity index (χ4n) is 1.85. The van der Waals surface area contributed by atoms with E-state index in [0.717, 1.165) is 0 Å². The molecule has 2 rings (SSSR count). The number of rotatable bonds is 1. The summed E-state index contributed by atoms with van der Waals surface area (Å²) in [6.07, 6.45) is 2.23. The molecule has 0 fully saturated rings. The van der Waals surface area contributed by atoms with E-state index in [2.05, 4.69) is 61.3 Å². The Labute approximate surface area is 86.5 Å². The molecule has 0 aliphatic heterocycles. The third-order valence-electron chi connectivity index (χ3n) is 2.57. The highest BCUT2D eigenvalue weighted by atomic mass is 28.3. The lowest BCUT2D eigenvalue weighted by atomic mass is 10.2. The van der Waals surface area contributed by atoms with Crippen LogP contribution in [0.5, 0.6) is 0 Å². The quantitative estimate of drug-likeness (QED) is 0.624. The maximum Gasteiger partial charge on any atom is 0.152 e. The minimum Gasteiger partial charge on any atom is -0.375 e. The predicted molar refractivity (Wildman–Crippen MR) is 65.4 cm³/mol. The van der Waals surface area contributed by atoms with Crippen LogP contribution in [0.1, 0.15) is 5.56 Å². The van der Waals surface area contributed by atoms with Crippen molar-refractivity contribution in [3.05, 3.63) is 36.0 Å². The van der Waals surface area contributed by atoms with Crippen LogP contribution in [-0.4, -0.2) is 12.5 Å². The summed E-state index contributed by atoms with van der Waals surface area (Å²) in [5.41, 5.74) is 2.72. The number of benzene rings is 1. The van der Waals surface area contributed by atoms with Gasteiger partial charge in [-0.25, -0.2) is 0 Å². The SMILES string of the molecule is Cc1ccc2c(ccn2[Si](C)(C)C)c1. The van der Waals surface area contributed by atoms with Crippen molar-refractivity contribution < 1.29 is 0 Å². The summed E-state index contributed by atoms with van der Waals surface area (Å²) < 4.78 is 2.46. The maximum absolute atomic E-state index is 2.46. The monoisotopic (exact) mass is 203 g/mol. The summed E-state index contributed by atoms with van der Waals surface area (Å²) in [5, 5.41) is 1.37. The zero-order valence-corrected chi connectivity index (χ0v) is 10.3. The van der Waals surface area contributed by atoms with Crippen LogP contribution in [0.4, 0.5) is 0 Å². The van der Waals surface area contributed by atoms with Gasteiger partial charge < -0.3 is 4.23 Å². The normalized spacial score (nSPS) is 12.3. The molecule has 0 spiro atoms. The summed E-state index contributed by atoms with van der Waals surface area (Å²) in [7, 11) is -1.25. The first-order valence-electron chi connectivity index (χ1n) is 5.07. The Morgan fingerprint density at radius 1 is 1.07 bits per heavy atom. The molecule has 0 bridgehead atoms. The first-order valence-corrected chi connectivity index (χ1v) is 8.51. The minimum atomic E-state index is -1.25. The first-order chi connectivity index (χ1) is 6.48. The van der Waals surface area contributed by atoms with Crippen LogP contribution >= 0.6 is 0 Å². The smallest absolute Gasteiger partial charge is 0.152 e. The standard InChI is InChI=1S/C12H17NSi/c1-10-5-6-12-11(9-10)7-8-13(12)14(2,3)4/h5-9H,1-4H3. The van der Waals surface area contributed by atoms with Gasteiger partial charge in [0.1, 0.15) is 0 Å². The number of nitrogens with zero attached hydrogens (tertiary/aromatic N) is 1. The molecule has 0 amide bonds. The van der Waals surface area contributed by atoms with Crippen LogP contribution in [0.2, 0.25) is 19.6 Å². The molecule has 0 saturated heterocycles. The number of aromatic nitrogens is 1. The molecule has 1 heterocycles. The first kappa shape index (κ1) is 9.53. The number of hydrogen-bond acceptors (Lipinski definition) is 0. The van der Waals surface area contributed by atoms with Crippen molar-refractivity contribution in [2.24, 2.45) is 0 Å². The van der Waals surface area contributed by atoms with Crippen LogP contribution < -0.4 is 0 Å². The molecule has 14 heavy (non-hydrogen) atoms. The molecule has 0 atom stereocenters. The van der Waals surface area contributed by atoms with E-state index in [-0.39, 0.29) is 0 Å². The zero-order chi connectivity index (χ0) is 10.3. The largest absolute Gasteiger partial charge is 0.375 e. The van der Waals surface area contributed by atoms with E-state index in [0.29, 0.717) is 0 Å². The number of aryl methyl sites for hydroxylation is 1. The topological polar surface area (TPSA) is 4.93 Å². The van der Waals surface area contributed by atoms with Gasteiger partial charge in [-0.1, -0.05) is 31.3 Å². The lowest BCUT2D eigenvalue weighted by molar-refractivity contribution is 1.20. The molecule has 0 saturated carbocycles. The third-order valence-corrected chi connectivity index (χ3v) is 4.40. The van der Waals surface area contributed by atoms with Gasteiger partial charge in [0.2, 0.25) is 0 Å². The second-order valence-electron chi connectivity index (χ2n) is 4.92. The van der Waals surface area contributed by atoms with Gasteiger partial charge in [0.05, 0.1) is 0 Å². The van der Waals surface area contributed by atoms with Crippen molar-refractivity contribution in [1.82, 2.24) is 4.23 Å². The van der Waals surface area contributed by atoms with Gasteiger partial charge in [-0.2, -0.15) is 0 Å².